The zero-order valence-electron chi connectivity index (χ0n) is 12.4. The van der Waals surface area contributed by atoms with Gasteiger partial charge in [0.1, 0.15) is 0 Å². The molecule has 0 aliphatic carbocycles. The van der Waals surface area contributed by atoms with Gasteiger partial charge in [0.15, 0.2) is 0 Å². The largest absolute Gasteiger partial charge is 0.316 e. The summed E-state index contributed by atoms with van der Waals surface area (Å²) >= 11 is 0. The fourth-order valence-electron chi connectivity index (χ4n) is 2.82. The molecule has 1 unspecified atom stereocenters. The molecule has 0 aromatic carbocycles. The second kappa shape index (κ2) is 6.72. The van der Waals surface area contributed by atoms with Crippen LogP contribution in [-0.2, 0) is 0 Å². The first-order chi connectivity index (χ1) is 7.94. The molecule has 1 aliphatic heterocycles. The van der Waals surface area contributed by atoms with E-state index in [0.29, 0.717) is 5.41 Å². The number of likely N-dealkylation sites (tertiary alicyclic amines) is 1. The summed E-state index contributed by atoms with van der Waals surface area (Å²) in [5, 5.41) is 3.47. The van der Waals surface area contributed by atoms with Crippen molar-refractivity contribution in [2.75, 3.05) is 46.8 Å². The Kier molecular flexibility index (Phi) is 5.90. The van der Waals surface area contributed by atoms with Crippen LogP contribution in [0.3, 0.4) is 0 Å². The molecular formula is C14H31N3. The summed E-state index contributed by atoms with van der Waals surface area (Å²) in [4.78, 5) is 5.02. The van der Waals surface area contributed by atoms with E-state index in [1.165, 1.54) is 32.5 Å². The lowest BCUT2D eigenvalue weighted by molar-refractivity contribution is 0.0988. The summed E-state index contributed by atoms with van der Waals surface area (Å²) < 4.78 is 0. The second-order valence-electron chi connectivity index (χ2n) is 6.42. The first-order valence-electron chi connectivity index (χ1n) is 7.04. The van der Waals surface area contributed by atoms with Crippen molar-refractivity contribution in [3.8, 4) is 0 Å². The number of nitrogens with one attached hydrogen (secondary N) is 1. The molecule has 0 radical (unpaired) electrons. The van der Waals surface area contributed by atoms with Gasteiger partial charge in [-0.1, -0.05) is 20.8 Å². The Bertz CT molecular complexity index is 216. The molecule has 1 heterocycles. The number of hydrogen-bond acceptors (Lipinski definition) is 3. The van der Waals surface area contributed by atoms with Gasteiger partial charge in [0.05, 0.1) is 0 Å². The first-order valence-corrected chi connectivity index (χ1v) is 7.04. The highest BCUT2D eigenvalue weighted by Gasteiger charge is 2.26. The van der Waals surface area contributed by atoms with Crippen molar-refractivity contribution >= 4 is 0 Å². The molecule has 0 aromatic rings. The number of hydrogen-bond donors (Lipinski definition) is 1. The second-order valence-corrected chi connectivity index (χ2v) is 6.42. The van der Waals surface area contributed by atoms with Crippen LogP contribution in [0.25, 0.3) is 0 Å². The van der Waals surface area contributed by atoms with Gasteiger partial charge in [-0.3, -0.25) is 0 Å². The Morgan fingerprint density at radius 2 is 2.12 bits per heavy atom. The quantitative estimate of drug-likeness (QED) is 0.763. The van der Waals surface area contributed by atoms with E-state index in [0.717, 1.165) is 19.1 Å². The normalized spacial score (nSPS) is 23.3. The maximum absolute atomic E-state index is 3.47. The van der Waals surface area contributed by atoms with Crippen LogP contribution in [-0.4, -0.2) is 62.7 Å². The van der Waals surface area contributed by atoms with Crippen molar-refractivity contribution in [2.45, 2.75) is 39.7 Å². The van der Waals surface area contributed by atoms with Crippen LogP contribution in [0, 0.1) is 5.41 Å². The zero-order chi connectivity index (χ0) is 12.9. The van der Waals surface area contributed by atoms with Crippen molar-refractivity contribution in [1.29, 1.82) is 0 Å². The van der Waals surface area contributed by atoms with E-state index in [9.17, 15) is 0 Å². The Hall–Kier alpha value is -0.120. The van der Waals surface area contributed by atoms with Crippen molar-refractivity contribution in [2.24, 2.45) is 5.41 Å². The van der Waals surface area contributed by atoms with Gasteiger partial charge in [-0.25, -0.2) is 0 Å². The van der Waals surface area contributed by atoms with Crippen LogP contribution >= 0.6 is 0 Å². The molecule has 0 saturated carbocycles. The van der Waals surface area contributed by atoms with Crippen LogP contribution in [0.15, 0.2) is 0 Å². The van der Waals surface area contributed by atoms with Crippen LogP contribution in [0.2, 0.25) is 0 Å². The van der Waals surface area contributed by atoms with Crippen LogP contribution in [0.5, 0.6) is 0 Å². The molecule has 3 nitrogen and oxygen atoms in total. The topological polar surface area (TPSA) is 18.5 Å². The highest BCUT2D eigenvalue weighted by Crippen LogP contribution is 2.20. The van der Waals surface area contributed by atoms with Crippen LogP contribution < -0.4 is 5.32 Å². The van der Waals surface area contributed by atoms with Crippen LogP contribution in [0.1, 0.15) is 33.6 Å². The van der Waals surface area contributed by atoms with Gasteiger partial charge in [0.25, 0.3) is 0 Å². The molecule has 3 heteroatoms. The van der Waals surface area contributed by atoms with Crippen molar-refractivity contribution in [1.82, 2.24) is 15.1 Å². The van der Waals surface area contributed by atoms with Crippen molar-refractivity contribution in [3.05, 3.63) is 0 Å². The molecule has 0 amide bonds. The maximum atomic E-state index is 3.47. The van der Waals surface area contributed by atoms with E-state index in [1.54, 1.807) is 0 Å². The lowest BCUT2D eigenvalue weighted by Gasteiger charge is -2.39. The molecule has 1 atom stereocenters. The van der Waals surface area contributed by atoms with E-state index in [2.05, 4.69) is 50.0 Å². The molecular weight excluding hydrogens is 210 g/mol. The van der Waals surface area contributed by atoms with E-state index in [4.69, 9.17) is 0 Å². The predicted octanol–water partition coefficient (Wildman–Crippen LogP) is 1.65. The molecule has 1 rings (SSSR count). The monoisotopic (exact) mass is 241 g/mol. The Morgan fingerprint density at radius 1 is 1.41 bits per heavy atom. The first kappa shape index (κ1) is 14.9. The van der Waals surface area contributed by atoms with Gasteiger partial charge >= 0.3 is 0 Å². The number of likely N-dealkylation sites (N-methyl/N-ethyl adjacent to an activating group) is 2. The average molecular weight is 241 g/mol. The fraction of sp³-hybridized carbons (Fsp3) is 1.00. The van der Waals surface area contributed by atoms with Gasteiger partial charge < -0.3 is 15.1 Å². The van der Waals surface area contributed by atoms with Gasteiger partial charge in [-0.2, -0.15) is 0 Å². The Labute approximate surface area is 108 Å². The summed E-state index contributed by atoms with van der Waals surface area (Å²) in [6, 6.07) is 0.745. The maximum Gasteiger partial charge on any atom is 0.0220 e. The van der Waals surface area contributed by atoms with E-state index >= 15 is 0 Å². The number of rotatable bonds is 6. The van der Waals surface area contributed by atoms with Crippen molar-refractivity contribution < 1.29 is 0 Å². The highest BCUT2D eigenvalue weighted by atomic mass is 15.2. The van der Waals surface area contributed by atoms with Gasteiger partial charge in [-0.05, 0) is 45.4 Å². The minimum absolute atomic E-state index is 0.362. The number of piperidine rings is 1. The highest BCUT2D eigenvalue weighted by molar-refractivity contribution is 4.82. The Morgan fingerprint density at radius 3 is 2.71 bits per heavy atom. The molecule has 1 saturated heterocycles. The third-order valence-corrected chi connectivity index (χ3v) is 3.75. The summed E-state index contributed by atoms with van der Waals surface area (Å²) in [5.41, 5.74) is 0.362. The van der Waals surface area contributed by atoms with Gasteiger partial charge in [0.2, 0.25) is 0 Å². The Balaban J connectivity index is 2.38. The third-order valence-electron chi connectivity index (χ3n) is 3.75. The summed E-state index contributed by atoms with van der Waals surface area (Å²) in [6.07, 6.45) is 2.71. The molecule has 1 aliphatic rings. The molecule has 0 aromatic heterocycles. The summed E-state index contributed by atoms with van der Waals surface area (Å²) in [5.74, 6) is 0. The average Bonchev–Trinajstić information content (AvgIpc) is 2.26. The molecule has 102 valence electrons. The summed E-state index contributed by atoms with van der Waals surface area (Å²) in [6.45, 7) is 12.8. The lowest BCUT2D eigenvalue weighted by atomic mass is 9.91. The SMILES string of the molecule is CCNCC(C)(C)CN(C)C1CCCN(C)C1. The van der Waals surface area contributed by atoms with E-state index in [1.807, 2.05) is 0 Å². The fourth-order valence-corrected chi connectivity index (χ4v) is 2.82. The van der Waals surface area contributed by atoms with Gasteiger partial charge in [-0.15, -0.1) is 0 Å². The number of nitrogens with zero attached hydrogens (tertiary/aromatic N) is 2. The van der Waals surface area contributed by atoms with Crippen LogP contribution in [0.4, 0.5) is 0 Å². The van der Waals surface area contributed by atoms with E-state index < -0.39 is 0 Å². The minimum atomic E-state index is 0.362. The molecule has 17 heavy (non-hydrogen) atoms. The zero-order valence-corrected chi connectivity index (χ0v) is 12.4. The summed E-state index contributed by atoms with van der Waals surface area (Å²) in [7, 11) is 4.53. The molecule has 0 bridgehead atoms. The van der Waals surface area contributed by atoms with Crippen molar-refractivity contribution in [3.63, 3.8) is 0 Å². The molecule has 1 fully saturated rings. The third kappa shape index (κ3) is 5.36. The lowest BCUT2D eigenvalue weighted by Crippen LogP contribution is -2.49. The predicted molar refractivity (Wildman–Crippen MR) is 75.5 cm³/mol. The van der Waals surface area contributed by atoms with Gasteiger partial charge in [0, 0.05) is 25.7 Å². The van der Waals surface area contributed by atoms with E-state index in [-0.39, 0.29) is 0 Å². The smallest absolute Gasteiger partial charge is 0.0220 e. The molecule has 0 spiro atoms. The minimum Gasteiger partial charge on any atom is -0.316 e. The standard InChI is InChI=1S/C14H31N3/c1-6-15-11-14(2,3)12-17(5)13-8-7-9-16(4)10-13/h13,15H,6-12H2,1-5H3. The molecule has 1 N–H and O–H groups in total.